The summed E-state index contributed by atoms with van der Waals surface area (Å²) in [6.45, 7) is 1.24. The molecule has 2 atom stereocenters. The fourth-order valence-corrected chi connectivity index (χ4v) is 2.16. The zero-order valence-corrected chi connectivity index (χ0v) is 9.64. The minimum absolute atomic E-state index is 0.0254. The maximum Gasteiger partial charge on any atom is 0.121 e. The summed E-state index contributed by atoms with van der Waals surface area (Å²) in [7, 11) is 1.65. The summed E-state index contributed by atoms with van der Waals surface area (Å²) in [5.74, 6) is 1.88. The molecule has 1 aromatic heterocycles. The summed E-state index contributed by atoms with van der Waals surface area (Å²) in [4.78, 5) is 7.84. The van der Waals surface area contributed by atoms with E-state index in [-0.39, 0.29) is 12.0 Å². The molecule has 0 spiro atoms. The number of ether oxygens (including phenoxy) is 2. The number of aromatic amines is 1. The van der Waals surface area contributed by atoms with E-state index in [1.165, 1.54) is 0 Å². The molecule has 0 radical (unpaired) electrons. The van der Waals surface area contributed by atoms with Crippen LogP contribution >= 0.6 is 0 Å². The van der Waals surface area contributed by atoms with Crippen LogP contribution in [-0.2, 0) is 4.74 Å². The first-order valence-electron chi connectivity index (χ1n) is 5.65. The number of hydrogen-bond acceptors (Lipinski definition) is 4. The smallest absolute Gasteiger partial charge is 0.121 e. The summed E-state index contributed by atoms with van der Waals surface area (Å²) in [6, 6.07) is 5.80. The number of fused-ring (bicyclic) bond motifs is 1. The quantitative estimate of drug-likeness (QED) is 0.812. The van der Waals surface area contributed by atoms with Crippen LogP contribution < -0.4 is 10.5 Å². The topological polar surface area (TPSA) is 73.2 Å². The van der Waals surface area contributed by atoms with Gasteiger partial charge in [-0.1, -0.05) is 0 Å². The van der Waals surface area contributed by atoms with Crippen LogP contribution in [0.4, 0.5) is 0 Å². The van der Waals surface area contributed by atoms with E-state index in [4.69, 9.17) is 15.2 Å². The Morgan fingerprint density at radius 1 is 1.47 bits per heavy atom. The molecular formula is C12H15N3O2. The van der Waals surface area contributed by atoms with Gasteiger partial charge in [0.1, 0.15) is 11.6 Å². The molecule has 1 saturated heterocycles. The minimum atomic E-state index is 0.0254. The number of nitrogens with zero attached hydrogens (tertiary/aromatic N) is 1. The Morgan fingerprint density at radius 3 is 3.06 bits per heavy atom. The summed E-state index contributed by atoms with van der Waals surface area (Å²) in [6.07, 6.45) is 0. The highest BCUT2D eigenvalue weighted by molar-refractivity contribution is 5.76. The molecule has 5 nitrogen and oxygen atoms in total. The fourth-order valence-electron chi connectivity index (χ4n) is 2.16. The molecule has 0 bridgehead atoms. The lowest BCUT2D eigenvalue weighted by Crippen LogP contribution is -2.27. The number of imidazole rings is 1. The molecule has 0 saturated carbocycles. The van der Waals surface area contributed by atoms with Crippen molar-refractivity contribution in [2.75, 3.05) is 20.3 Å². The van der Waals surface area contributed by atoms with E-state index in [0.717, 1.165) is 22.6 Å². The molecular weight excluding hydrogens is 218 g/mol. The Kier molecular flexibility index (Phi) is 2.49. The van der Waals surface area contributed by atoms with Gasteiger partial charge in [-0.2, -0.15) is 0 Å². The second-order valence-corrected chi connectivity index (χ2v) is 4.31. The van der Waals surface area contributed by atoms with Crippen LogP contribution in [0, 0.1) is 0 Å². The van der Waals surface area contributed by atoms with Crippen LogP contribution in [0.25, 0.3) is 11.0 Å². The molecule has 3 rings (SSSR count). The van der Waals surface area contributed by atoms with Crippen LogP contribution in [0.1, 0.15) is 11.7 Å². The molecule has 1 aliphatic rings. The van der Waals surface area contributed by atoms with Crippen LogP contribution in [0.5, 0.6) is 5.75 Å². The van der Waals surface area contributed by atoms with Crippen LogP contribution in [0.15, 0.2) is 18.2 Å². The van der Waals surface area contributed by atoms with Crippen LogP contribution in [0.3, 0.4) is 0 Å². The van der Waals surface area contributed by atoms with E-state index < -0.39 is 0 Å². The van der Waals surface area contributed by atoms with Crippen molar-refractivity contribution >= 4 is 11.0 Å². The highest BCUT2D eigenvalue weighted by Crippen LogP contribution is 2.26. The average Bonchev–Trinajstić information content (AvgIpc) is 2.93. The van der Waals surface area contributed by atoms with Gasteiger partial charge in [-0.25, -0.2) is 4.98 Å². The minimum Gasteiger partial charge on any atom is -0.497 e. The zero-order chi connectivity index (χ0) is 11.8. The van der Waals surface area contributed by atoms with Gasteiger partial charge in [0.15, 0.2) is 0 Å². The molecule has 5 heteroatoms. The lowest BCUT2D eigenvalue weighted by Gasteiger charge is -2.08. The third-order valence-electron chi connectivity index (χ3n) is 3.18. The number of nitrogens with two attached hydrogens (primary N) is 1. The van der Waals surface area contributed by atoms with E-state index in [1.807, 2.05) is 18.2 Å². The van der Waals surface area contributed by atoms with E-state index >= 15 is 0 Å². The van der Waals surface area contributed by atoms with Crippen molar-refractivity contribution in [2.45, 2.75) is 12.0 Å². The summed E-state index contributed by atoms with van der Waals surface area (Å²) < 4.78 is 10.5. The number of aromatic nitrogens is 2. The largest absolute Gasteiger partial charge is 0.497 e. The van der Waals surface area contributed by atoms with Gasteiger partial charge in [0.05, 0.1) is 37.3 Å². The third-order valence-corrected chi connectivity index (χ3v) is 3.18. The normalized spacial score (nSPS) is 24.4. The maximum absolute atomic E-state index is 5.98. The Labute approximate surface area is 98.9 Å². The second-order valence-electron chi connectivity index (χ2n) is 4.31. The molecule has 1 fully saturated rings. The lowest BCUT2D eigenvalue weighted by molar-refractivity contribution is 0.190. The van der Waals surface area contributed by atoms with Gasteiger partial charge in [-0.3, -0.25) is 0 Å². The van der Waals surface area contributed by atoms with Gasteiger partial charge in [0, 0.05) is 12.1 Å². The van der Waals surface area contributed by atoms with Crippen molar-refractivity contribution in [2.24, 2.45) is 5.73 Å². The molecule has 3 N–H and O–H groups in total. The van der Waals surface area contributed by atoms with Gasteiger partial charge in [0.25, 0.3) is 0 Å². The molecule has 1 aliphatic heterocycles. The first kappa shape index (κ1) is 10.6. The maximum atomic E-state index is 5.98. The first-order chi connectivity index (χ1) is 8.28. The SMILES string of the molecule is COc1ccc2nc(C3COCC3N)[nH]c2c1. The molecule has 0 amide bonds. The van der Waals surface area contributed by atoms with Crippen LogP contribution in [-0.4, -0.2) is 36.3 Å². The number of hydrogen-bond donors (Lipinski definition) is 2. The number of benzene rings is 1. The zero-order valence-electron chi connectivity index (χ0n) is 9.64. The van der Waals surface area contributed by atoms with Gasteiger partial charge in [0.2, 0.25) is 0 Å². The van der Waals surface area contributed by atoms with Crippen molar-refractivity contribution in [1.82, 2.24) is 9.97 Å². The Balaban J connectivity index is 2.01. The van der Waals surface area contributed by atoms with E-state index in [9.17, 15) is 0 Å². The molecule has 2 heterocycles. The first-order valence-corrected chi connectivity index (χ1v) is 5.65. The highest BCUT2D eigenvalue weighted by atomic mass is 16.5. The number of rotatable bonds is 2. The molecule has 90 valence electrons. The predicted octanol–water partition coefficient (Wildman–Crippen LogP) is 1.01. The van der Waals surface area contributed by atoms with Crippen molar-refractivity contribution in [3.05, 3.63) is 24.0 Å². The van der Waals surface area contributed by atoms with Crippen molar-refractivity contribution in [3.63, 3.8) is 0 Å². The lowest BCUT2D eigenvalue weighted by atomic mass is 10.0. The summed E-state index contributed by atoms with van der Waals surface area (Å²) in [5.41, 5.74) is 7.88. The fraction of sp³-hybridized carbons (Fsp3) is 0.417. The molecule has 2 aromatic rings. The van der Waals surface area contributed by atoms with Crippen molar-refractivity contribution < 1.29 is 9.47 Å². The van der Waals surface area contributed by atoms with Crippen LogP contribution in [0.2, 0.25) is 0 Å². The van der Waals surface area contributed by atoms with E-state index in [1.54, 1.807) is 7.11 Å². The molecule has 2 unspecified atom stereocenters. The van der Waals surface area contributed by atoms with Gasteiger partial charge in [-0.05, 0) is 12.1 Å². The second kappa shape index (κ2) is 4.01. The molecule has 1 aromatic carbocycles. The summed E-state index contributed by atoms with van der Waals surface area (Å²) in [5, 5.41) is 0. The van der Waals surface area contributed by atoms with E-state index in [0.29, 0.717) is 13.2 Å². The molecule has 17 heavy (non-hydrogen) atoms. The predicted molar refractivity (Wildman–Crippen MR) is 64.2 cm³/mol. The Hall–Kier alpha value is -1.59. The third kappa shape index (κ3) is 1.77. The number of nitrogens with one attached hydrogen (secondary N) is 1. The monoisotopic (exact) mass is 233 g/mol. The van der Waals surface area contributed by atoms with Gasteiger partial charge < -0.3 is 20.2 Å². The molecule has 0 aliphatic carbocycles. The van der Waals surface area contributed by atoms with Gasteiger partial charge >= 0.3 is 0 Å². The average molecular weight is 233 g/mol. The van der Waals surface area contributed by atoms with Gasteiger partial charge in [-0.15, -0.1) is 0 Å². The van der Waals surface area contributed by atoms with Crippen molar-refractivity contribution in [3.8, 4) is 5.75 Å². The summed E-state index contributed by atoms with van der Waals surface area (Å²) >= 11 is 0. The number of H-pyrrole nitrogens is 1. The Bertz CT molecular complexity index is 538. The number of methoxy groups -OCH3 is 1. The highest BCUT2D eigenvalue weighted by Gasteiger charge is 2.28. The standard InChI is InChI=1S/C12H15N3O2/c1-16-7-2-3-10-11(4-7)15-12(14-10)8-5-17-6-9(8)13/h2-4,8-9H,5-6,13H2,1H3,(H,14,15). The Morgan fingerprint density at radius 2 is 2.35 bits per heavy atom. The van der Waals surface area contributed by atoms with Crippen molar-refractivity contribution in [1.29, 1.82) is 0 Å². The van der Waals surface area contributed by atoms with E-state index in [2.05, 4.69) is 9.97 Å².